The summed E-state index contributed by atoms with van der Waals surface area (Å²) in [6.45, 7) is 4.08. The van der Waals surface area contributed by atoms with Crippen LogP contribution in [0.15, 0.2) is 17.0 Å². The molecule has 0 unspecified atom stereocenters. The Morgan fingerprint density at radius 2 is 2.08 bits per heavy atom. The molecule has 0 radical (unpaired) electrons. The summed E-state index contributed by atoms with van der Waals surface area (Å²) in [5, 5.41) is 6.23. The van der Waals surface area contributed by atoms with E-state index < -0.39 is 0 Å². The molecule has 1 aromatic heterocycles. The third-order valence-electron chi connectivity index (χ3n) is 4.90. The number of allylic oxidation sites excluding steroid dienone is 1. The van der Waals surface area contributed by atoms with Gasteiger partial charge in [-0.3, -0.25) is 9.69 Å². The average Bonchev–Trinajstić information content (AvgIpc) is 3.03. The van der Waals surface area contributed by atoms with Crippen LogP contribution in [0.3, 0.4) is 0 Å². The van der Waals surface area contributed by atoms with E-state index in [1.165, 1.54) is 63.6 Å². The quantitative estimate of drug-likeness (QED) is 0.765. The first-order chi connectivity index (χ1) is 11.8. The molecule has 0 atom stereocenters. The van der Waals surface area contributed by atoms with Crippen molar-refractivity contribution in [3.63, 3.8) is 0 Å². The van der Waals surface area contributed by atoms with Gasteiger partial charge in [0.15, 0.2) is 0 Å². The maximum atomic E-state index is 12.1. The lowest BCUT2D eigenvalue weighted by Gasteiger charge is -2.25. The summed E-state index contributed by atoms with van der Waals surface area (Å²) in [6, 6.07) is 0. The summed E-state index contributed by atoms with van der Waals surface area (Å²) in [5.74, 6) is 0.0984. The smallest absolute Gasteiger partial charge is 0.226 e. The highest BCUT2D eigenvalue weighted by Crippen LogP contribution is 2.19. The van der Waals surface area contributed by atoms with E-state index >= 15 is 0 Å². The van der Waals surface area contributed by atoms with Crippen molar-refractivity contribution in [2.24, 2.45) is 0 Å². The van der Waals surface area contributed by atoms with Crippen molar-refractivity contribution in [1.82, 2.24) is 15.2 Å². The van der Waals surface area contributed by atoms with E-state index in [1.807, 2.05) is 5.38 Å². The molecule has 2 aliphatic rings. The van der Waals surface area contributed by atoms with Crippen LogP contribution in [0, 0.1) is 0 Å². The molecular weight excluding hydrogens is 318 g/mol. The van der Waals surface area contributed by atoms with E-state index in [2.05, 4.69) is 21.3 Å². The maximum Gasteiger partial charge on any atom is 0.226 e. The molecule has 3 rings (SSSR count). The lowest BCUT2D eigenvalue weighted by atomic mass is 9.97. The van der Waals surface area contributed by atoms with Crippen LogP contribution in [0.5, 0.6) is 0 Å². The van der Waals surface area contributed by atoms with E-state index in [0.717, 1.165) is 30.2 Å². The molecule has 132 valence electrons. The topological polar surface area (TPSA) is 45.2 Å². The van der Waals surface area contributed by atoms with Gasteiger partial charge in [-0.25, -0.2) is 4.98 Å². The van der Waals surface area contributed by atoms with Crippen molar-refractivity contribution in [2.45, 2.75) is 64.3 Å². The highest BCUT2D eigenvalue weighted by Gasteiger charge is 2.13. The number of amides is 1. The lowest BCUT2D eigenvalue weighted by molar-refractivity contribution is -0.120. The fraction of sp³-hybridized carbons (Fsp3) is 0.684. The van der Waals surface area contributed by atoms with E-state index in [4.69, 9.17) is 0 Å². The first-order valence-electron chi connectivity index (χ1n) is 9.40. The van der Waals surface area contributed by atoms with Gasteiger partial charge < -0.3 is 5.32 Å². The van der Waals surface area contributed by atoms with Crippen LogP contribution in [-0.2, 0) is 17.8 Å². The third-order valence-corrected chi connectivity index (χ3v) is 5.78. The molecule has 0 aromatic carbocycles. The molecule has 0 bridgehead atoms. The fourth-order valence-corrected chi connectivity index (χ4v) is 4.37. The van der Waals surface area contributed by atoms with Crippen LogP contribution in [0.25, 0.3) is 0 Å². The third kappa shape index (κ3) is 5.71. The molecule has 1 aromatic rings. The van der Waals surface area contributed by atoms with E-state index in [1.54, 1.807) is 11.3 Å². The Labute approximate surface area is 149 Å². The molecule has 24 heavy (non-hydrogen) atoms. The number of nitrogens with zero attached hydrogens (tertiary/aromatic N) is 2. The second kappa shape index (κ2) is 9.33. The van der Waals surface area contributed by atoms with Crippen molar-refractivity contribution in [1.29, 1.82) is 0 Å². The zero-order valence-electron chi connectivity index (χ0n) is 14.6. The van der Waals surface area contributed by atoms with E-state index in [0.29, 0.717) is 6.42 Å². The van der Waals surface area contributed by atoms with Gasteiger partial charge >= 0.3 is 0 Å². The minimum Gasteiger partial charge on any atom is -0.355 e. The summed E-state index contributed by atoms with van der Waals surface area (Å²) >= 11 is 1.69. The molecule has 1 aliphatic carbocycles. The zero-order valence-corrected chi connectivity index (χ0v) is 15.4. The first-order valence-corrected chi connectivity index (χ1v) is 10.3. The van der Waals surface area contributed by atoms with Crippen LogP contribution < -0.4 is 5.32 Å². The Morgan fingerprint density at radius 1 is 1.21 bits per heavy atom. The second-order valence-corrected chi connectivity index (χ2v) is 7.90. The lowest BCUT2D eigenvalue weighted by Crippen LogP contribution is -2.29. The summed E-state index contributed by atoms with van der Waals surface area (Å²) in [5.41, 5.74) is 2.43. The molecule has 1 N–H and O–H groups in total. The Hall–Kier alpha value is -1.20. The Morgan fingerprint density at radius 3 is 2.88 bits per heavy atom. The van der Waals surface area contributed by atoms with Gasteiger partial charge in [0.05, 0.1) is 18.7 Å². The van der Waals surface area contributed by atoms with Gasteiger partial charge in [0.1, 0.15) is 5.01 Å². The van der Waals surface area contributed by atoms with Crippen LogP contribution in [0.1, 0.15) is 62.1 Å². The summed E-state index contributed by atoms with van der Waals surface area (Å²) < 4.78 is 0. The highest BCUT2D eigenvalue weighted by atomic mass is 32.1. The van der Waals surface area contributed by atoms with Crippen molar-refractivity contribution in [2.75, 3.05) is 19.6 Å². The standard InChI is InChI=1S/C19H29N3OS/c23-18(20-10-9-16-7-3-1-4-8-16)13-17-15-24-19(21-17)14-22-11-5-2-6-12-22/h7,15H,1-6,8-14H2,(H,20,23). The molecule has 5 heteroatoms. The molecule has 2 heterocycles. The Kier molecular flexibility index (Phi) is 6.85. The molecule has 0 saturated carbocycles. The summed E-state index contributed by atoms with van der Waals surface area (Å²) in [4.78, 5) is 19.2. The molecule has 1 aliphatic heterocycles. The van der Waals surface area contributed by atoms with E-state index in [-0.39, 0.29) is 5.91 Å². The summed E-state index contributed by atoms with van der Waals surface area (Å²) in [6.07, 6.45) is 12.8. The fourth-order valence-electron chi connectivity index (χ4n) is 3.53. The van der Waals surface area contributed by atoms with Gasteiger partial charge in [0.25, 0.3) is 0 Å². The van der Waals surface area contributed by atoms with E-state index in [9.17, 15) is 4.79 Å². The number of carbonyl (C=O) groups excluding carboxylic acids is 1. The minimum atomic E-state index is 0.0984. The molecular formula is C19H29N3OS. The van der Waals surface area contributed by atoms with Gasteiger partial charge in [0, 0.05) is 11.9 Å². The van der Waals surface area contributed by atoms with Crippen LogP contribution in [-0.4, -0.2) is 35.4 Å². The molecule has 1 fully saturated rings. The van der Waals surface area contributed by atoms with Crippen molar-refractivity contribution < 1.29 is 4.79 Å². The monoisotopic (exact) mass is 347 g/mol. The number of thiazole rings is 1. The Bertz CT molecular complexity index is 561. The molecule has 4 nitrogen and oxygen atoms in total. The van der Waals surface area contributed by atoms with Crippen LogP contribution in [0.2, 0.25) is 0 Å². The average molecular weight is 348 g/mol. The normalized spacial score (nSPS) is 19.1. The second-order valence-electron chi connectivity index (χ2n) is 6.95. The predicted molar refractivity (Wildman–Crippen MR) is 99.1 cm³/mol. The van der Waals surface area contributed by atoms with Crippen molar-refractivity contribution in [3.8, 4) is 0 Å². The number of aromatic nitrogens is 1. The number of likely N-dealkylation sites (tertiary alicyclic amines) is 1. The zero-order chi connectivity index (χ0) is 16.6. The van der Waals surface area contributed by atoms with Crippen LogP contribution in [0.4, 0.5) is 0 Å². The van der Waals surface area contributed by atoms with Gasteiger partial charge in [-0.05, 0) is 58.0 Å². The molecule has 0 spiro atoms. The van der Waals surface area contributed by atoms with Crippen LogP contribution >= 0.6 is 11.3 Å². The number of nitrogens with one attached hydrogen (secondary N) is 1. The van der Waals surface area contributed by atoms with Gasteiger partial charge in [-0.1, -0.05) is 18.1 Å². The molecule has 1 saturated heterocycles. The largest absolute Gasteiger partial charge is 0.355 e. The predicted octanol–water partition coefficient (Wildman–Crippen LogP) is 3.68. The Balaban J connectivity index is 1.37. The van der Waals surface area contributed by atoms with Gasteiger partial charge in [-0.15, -0.1) is 11.3 Å². The first kappa shape index (κ1) is 17.6. The number of piperidine rings is 1. The number of carbonyl (C=O) groups is 1. The number of rotatable bonds is 7. The highest BCUT2D eigenvalue weighted by molar-refractivity contribution is 7.09. The molecule has 1 amide bonds. The van der Waals surface area contributed by atoms with Gasteiger partial charge in [-0.2, -0.15) is 0 Å². The number of hydrogen-bond acceptors (Lipinski definition) is 4. The van der Waals surface area contributed by atoms with Crippen molar-refractivity contribution >= 4 is 17.2 Å². The number of hydrogen-bond donors (Lipinski definition) is 1. The SMILES string of the molecule is O=C(Cc1csc(CN2CCCCC2)n1)NCCC1=CCCCC1. The summed E-state index contributed by atoms with van der Waals surface area (Å²) in [7, 11) is 0. The maximum absolute atomic E-state index is 12.1. The van der Waals surface area contributed by atoms with Crippen molar-refractivity contribution in [3.05, 3.63) is 27.7 Å². The minimum absolute atomic E-state index is 0.0984. The van der Waals surface area contributed by atoms with Gasteiger partial charge in [0.2, 0.25) is 5.91 Å².